The van der Waals surface area contributed by atoms with Crippen molar-refractivity contribution in [3.8, 4) is 11.6 Å². The predicted octanol–water partition coefficient (Wildman–Crippen LogP) is 2.44. The van der Waals surface area contributed by atoms with Crippen LogP contribution in [0.3, 0.4) is 0 Å². The van der Waals surface area contributed by atoms with Gasteiger partial charge >= 0.3 is 0 Å². The van der Waals surface area contributed by atoms with Gasteiger partial charge in [-0.15, -0.1) is 5.10 Å². The van der Waals surface area contributed by atoms with Crippen LogP contribution in [-0.2, 0) is 6.42 Å². The van der Waals surface area contributed by atoms with Crippen LogP contribution in [0.4, 0.5) is 0 Å². The quantitative estimate of drug-likeness (QED) is 0.715. The van der Waals surface area contributed by atoms with E-state index in [-0.39, 0.29) is 0 Å². The molecule has 0 N–H and O–H groups in total. The molecule has 0 radical (unpaired) electrons. The molecule has 2 aromatic rings. The van der Waals surface area contributed by atoms with Gasteiger partial charge in [0.15, 0.2) is 5.76 Å². The fraction of sp³-hybridized carbons (Fsp3) is 0.455. The molecule has 0 spiro atoms. The maximum Gasteiger partial charge on any atom is 0.217 e. The van der Waals surface area contributed by atoms with Crippen molar-refractivity contribution in [2.45, 2.75) is 32.2 Å². The molecule has 0 aliphatic carbocycles. The molecule has 78 valence electrons. The fourth-order valence-electron chi connectivity index (χ4n) is 2.07. The molecular formula is C11H13N3O. The SMILES string of the molecule is CC1CCCc2nc(-c3ccco3)nn21. The smallest absolute Gasteiger partial charge is 0.217 e. The molecule has 3 rings (SSSR count). The Kier molecular flexibility index (Phi) is 1.87. The van der Waals surface area contributed by atoms with Crippen molar-refractivity contribution in [3.05, 3.63) is 24.2 Å². The average molecular weight is 203 g/mol. The van der Waals surface area contributed by atoms with Crippen LogP contribution in [0.25, 0.3) is 11.6 Å². The lowest BCUT2D eigenvalue weighted by molar-refractivity contribution is 0.388. The molecule has 0 amide bonds. The number of aromatic nitrogens is 3. The van der Waals surface area contributed by atoms with Crippen molar-refractivity contribution < 1.29 is 4.42 Å². The third-order valence-electron chi connectivity index (χ3n) is 2.88. The highest BCUT2D eigenvalue weighted by Crippen LogP contribution is 2.25. The molecule has 3 heterocycles. The minimum Gasteiger partial charge on any atom is -0.461 e. The molecule has 0 fully saturated rings. The van der Waals surface area contributed by atoms with E-state index in [4.69, 9.17) is 4.42 Å². The van der Waals surface area contributed by atoms with Gasteiger partial charge in [0.05, 0.1) is 12.3 Å². The van der Waals surface area contributed by atoms with Gasteiger partial charge in [0.2, 0.25) is 5.82 Å². The second kappa shape index (κ2) is 3.22. The van der Waals surface area contributed by atoms with Gasteiger partial charge < -0.3 is 4.42 Å². The molecular weight excluding hydrogens is 190 g/mol. The lowest BCUT2D eigenvalue weighted by Crippen LogP contribution is -2.16. The molecule has 15 heavy (non-hydrogen) atoms. The summed E-state index contributed by atoms with van der Waals surface area (Å²) < 4.78 is 7.32. The highest BCUT2D eigenvalue weighted by molar-refractivity contribution is 5.45. The summed E-state index contributed by atoms with van der Waals surface area (Å²) in [5, 5.41) is 4.49. The first-order valence-electron chi connectivity index (χ1n) is 5.34. The van der Waals surface area contributed by atoms with E-state index in [0.717, 1.165) is 18.0 Å². The predicted molar refractivity (Wildman–Crippen MR) is 55.4 cm³/mol. The van der Waals surface area contributed by atoms with Crippen molar-refractivity contribution in [1.29, 1.82) is 0 Å². The van der Waals surface area contributed by atoms with Gasteiger partial charge in [0.25, 0.3) is 0 Å². The topological polar surface area (TPSA) is 43.9 Å². The number of aryl methyl sites for hydroxylation is 1. The van der Waals surface area contributed by atoms with Crippen molar-refractivity contribution in [2.24, 2.45) is 0 Å². The Labute approximate surface area is 87.9 Å². The first-order valence-corrected chi connectivity index (χ1v) is 5.34. The summed E-state index contributed by atoms with van der Waals surface area (Å²) in [4.78, 5) is 4.50. The molecule has 1 atom stereocenters. The summed E-state index contributed by atoms with van der Waals surface area (Å²) in [6.07, 6.45) is 5.07. The molecule has 2 aromatic heterocycles. The molecule has 4 heteroatoms. The standard InChI is InChI=1S/C11H13N3O/c1-8-4-2-6-10-12-11(13-14(8)10)9-5-3-7-15-9/h3,5,7-8H,2,4,6H2,1H3. The van der Waals surface area contributed by atoms with Crippen LogP contribution >= 0.6 is 0 Å². The van der Waals surface area contributed by atoms with Crippen LogP contribution in [0.5, 0.6) is 0 Å². The largest absolute Gasteiger partial charge is 0.461 e. The van der Waals surface area contributed by atoms with Crippen molar-refractivity contribution in [1.82, 2.24) is 14.8 Å². The Hall–Kier alpha value is -1.58. The average Bonchev–Trinajstić information content (AvgIpc) is 2.86. The zero-order valence-electron chi connectivity index (χ0n) is 8.68. The Morgan fingerprint density at radius 2 is 2.47 bits per heavy atom. The van der Waals surface area contributed by atoms with Crippen LogP contribution in [-0.4, -0.2) is 14.8 Å². The lowest BCUT2D eigenvalue weighted by Gasteiger charge is -2.18. The maximum absolute atomic E-state index is 5.29. The summed E-state index contributed by atoms with van der Waals surface area (Å²) in [7, 11) is 0. The van der Waals surface area contributed by atoms with E-state index < -0.39 is 0 Å². The number of rotatable bonds is 1. The van der Waals surface area contributed by atoms with Gasteiger partial charge in [-0.2, -0.15) is 0 Å². The maximum atomic E-state index is 5.29. The lowest BCUT2D eigenvalue weighted by atomic mass is 10.1. The second-order valence-electron chi connectivity index (χ2n) is 4.01. The molecule has 1 aliphatic rings. The van der Waals surface area contributed by atoms with E-state index in [1.165, 1.54) is 12.8 Å². The minimum atomic E-state index is 0.463. The molecule has 0 saturated heterocycles. The summed E-state index contributed by atoms with van der Waals surface area (Å²) in [6, 6.07) is 4.22. The fourth-order valence-corrected chi connectivity index (χ4v) is 2.07. The Bertz CT molecular complexity index is 458. The van der Waals surface area contributed by atoms with Gasteiger partial charge in [-0.3, -0.25) is 0 Å². The zero-order chi connectivity index (χ0) is 10.3. The monoisotopic (exact) mass is 203 g/mol. The molecule has 1 aliphatic heterocycles. The van der Waals surface area contributed by atoms with Gasteiger partial charge in [0, 0.05) is 6.42 Å². The van der Waals surface area contributed by atoms with E-state index in [1.54, 1.807) is 6.26 Å². The van der Waals surface area contributed by atoms with Crippen LogP contribution in [0.2, 0.25) is 0 Å². The molecule has 0 saturated carbocycles. The van der Waals surface area contributed by atoms with Crippen LogP contribution < -0.4 is 0 Å². The molecule has 1 unspecified atom stereocenters. The molecule has 4 nitrogen and oxygen atoms in total. The van der Waals surface area contributed by atoms with Gasteiger partial charge in [-0.25, -0.2) is 9.67 Å². The van der Waals surface area contributed by atoms with E-state index in [0.29, 0.717) is 11.9 Å². The van der Waals surface area contributed by atoms with Gasteiger partial charge in [0.1, 0.15) is 5.82 Å². The number of hydrogen-bond donors (Lipinski definition) is 0. The number of hydrogen-bond acceptors (Lipinski definition) is 3. The first-order chi connectivity index (χ1) is 7.34. The summed E-state index contributed by atoms with van der Waals surface area (Å²) >= 11 is 0. The van der Waals surface area contributed by atoms with E-state index in [9.17, 15) is 0 Å². The number of fused-ring (bicyclic) bond motifs is 1. The third kappa shape index (κ3) is 1.37. The third-order valence-corrected chi connectivity index (χ3v) is 2.88. The van der Waals surface area contributed by atoms with Crippen LogP contribution in [0, 0.1) is 0 Å². The molecule has 0 bridgehead atoms. The van der Waals surface area contributed by atoms with E-state index in [2.05, 4.69) is 17.0 Å². The number of furan rings is 1. The van der Waals surface area contributed by atoms with Crippen LogP contribution in [0.15, 0.2) is 22.8 Å². The van der Waals surface area contributed by atoms with Gasteiger partial charge in [-0.1, -0.05) is 0 Å². The van der Waals surface area contributed by atoms with Crippen molar-refractivity contribution >= 4 is 0 Å². The second-order valence-corrected chi connectivity index (χ2v) is 4.01. The number of nitrogens with zero attached hydrogens (tertiary/aromatic N) is 3. The van der Waals surface area contributed by atoms with E-state index >= 15 is 0 Å². The highest BCUT2D eigenvalue weighted by atomic mass is 16.3. The zero-order valence-corrected chi connectivity index (χ0v) is 8.68. The Morgan fingerprint density at radius 1 is 1.53 bits per heavy atom. The Morgan fingerprint density at radius 3 is 3.20 bits per heavy atom. The van der Waals surface area contributed by atoms with Gasteiger partial charge in [-0.05, 0) is 31.9 Å². The normalized spacial score (nSPS) is 20.2. The molecule has 0 aromatic carbocycles. The van der Waals surface area contributed by atoms with E-state index in [1.807, 2.05) is 16.8 Å². The van der Waals surface area contributed by atoms with Crippen LogP contribution in [0.1, 0.15) is 31.6 Å². The van der Waals surface area contributed by atoms with Crippen molar-refractivity contribution in [3.63, 3.8) is 0 Å². The Balaban J connectivity index is 2.06. The summed E-state index contributed by atoms with van der Waals surface area (Å²) in [6.45, 7) is 2.18. The van der Waals surface area contributed by atoms with Crippen molar-refractivity contribution in [2.75, 3.05) is 0 Å². The first kappa shape index (κ1) is 8.71. The highest BCUT2D eigenvalue weighted by Gasteiger charge is 2.20. The summed E-state index contributed by atoms with van der Waals surface area (Å²) in [5.74, 6) is 2.55. The minimum absolute atomic E-state index is 0.463. The summed E-state index contributed by atoms with van der Waals surface area (Å²) in [5.41, 5.74) is 0.